The zero-order chi connectivity index (χ0) is 22.8. The average Bonchev–Trinajstić information content (AvgIpc) is 2.71. The molecule has 2 aromatic carbocycles. The summed E-state index contributed by atoms with van der Waals surface area (Å²) in [4.78, 5) is 24.9. The van der Waals surface area contributed by atoms with Gasteiger partial charge in [0.05, 0.1) is 0 Å². The maximum atomic E-state index is 12.5. The number of nitrogens with one attached hydrogen (secondary N) is 4. The number of aryl methyl sites for hydroxylation is 2. The Balaban J connectivity index is 1.48. The standard InChI is InChI=1S/C25H34N4O2/c1-15-9-7-11-20(17(15)3)27-23(30)26-14-19-13-22(25(19,5)6)29-24(31)28-21-12-8-10-16(2)18(21)4/h7-12,19,22H,13-14H2,1-6H3,(H2,26,27,30)(H2,28,29,31)/t19-,22+/m0/s1. The number of carbonyl (C=O) groups excluding carboxylic acids is 2. The molecule has 0 aromatic heterocycles. The van der Waals surface area contributed by atoms with Crippen LogP contribution in [0, 0.1) is 39.0 Å². The quantitative estimate of drug-likeness (QED) is 0.529. The molecule has 1 fully saturated rings. The van der Waals surface area contributed by atoms with E-state index in [1.165, 1.54) is 0 Å². The van der Waals surface area contributed by atoms with Crippen molar-refractivity contribution in [2.45, 2.75) is 54.0 Å². The van der Waals surface area contributed by atoms with E-state index in [1.54, 1.807) is 0 Å². The maximum absolute atomic E-state index is 12.5. The Kier molecular flexibility index (Phi) is 6.58. The largest absolute Gasteiger partial charge is 0.338 e. The molecule has 0 radical (unpaired) electrons. The topological polar surface area (TPSA) is 82.3 Å². The molecule has 0 bridgehead atoms. The van der Waals surface area contributed by atoms with Gasteiger partial charge >= 0.3 is 12.1 Å². The average molecular weight is 423 g/mol. The van der Waals surface area contributed by atoms with Crippen molar-refractivity contribution in [2.24, 2.45) is 11.3 Å². The monoisotopic (exact) mass is 422 g/mol. The van der Waals surface area contributed by atoms with E-state index >= 15 is 0 Å². The van der Waals surface area contributed by atoms with Crippen LogP contribution in [0.3, 0.4) is 0 Å². The van der Waals surface area contributed by atoms with Crippen molar-refractivity contribution in [2.75, 3.05) is 17.2 Å². The summed E-state index contributed by atoms with van der Waals surface area (Å²) in [5.41, 5.74) is 5.98. The van der Waals surface area contributed by atoms with E-state index in [4.69, 9.17) is 0 Å². The Morgan fingerprint density at radius 3 is 1.90 bits per heavy atom. The van der Waals surface area contributed by atoms with Gasteiger partial charge in [-0.3, -0.25) is 0 Å². The predicted molar refractivity (Wildman–Crippen MR) is 127 cm³/mol. The Morgan fingerprint density at radius 2 is 1.39 bits per heavy atom. The van der Waals surface area contributed by atoms with E-state index in [2.05, 4.69) is 35.1 Å². The number of hydrogen-bond acceptors (Lipinski definition) is 2. The number of anilines is 2. The Morgan fingerprint density at radius 1 is 0.871 bits per heavy atom. The highest BCUT2D eigenvalue weighted by Gasteiger charge is 2.48. The lowest BCUT2D eigenvalue weighted by molar-refractivity contribution is 0.0244. The van der Waals surface area contributed by atoms with Crippen molar-refractivity contribution in [1.29, 1.82) is 0 Å². The molecule has 4 amide bonds. The van der Waals surface area contributed by atoms with Gasteiger partial charge in [0.1, 0.15) is 0 Å². The fraction of sp³-hybridized carbons (Fsp3) is 0.440. The Labute approximate surface area is 185 Å². The van der Waals surface area contributed by atoms with Crippen molar-refractivity contribution in [3.05, 3.63) is 58.7 Å². The van der Waals surface area contributed by atoms with E-state index < -0.39 is 0 Å². The molecule has 1 saturated carbocycles. The first-order valence-corrected chi connectivity index (χ1v) is 10.8. The van der Waals surface area contributed by atoms with E-state index in [0.29, 0.717) is 12.5 Å². The summed E-state index contributed by atoms with van der Waals surface area (Å²) in [6.45, 7) is 12.9. The zero-order valence-corrected chi connectivity index (χ0v) is 19.3. The third kappa shape index (κ3) is 5.01. The third-order valence-corrected chi connectivity index (χ3v) is 6.99. The van der Waals surface area contributed by atoms with Crippen LogP contribution in [0.5, 0.6) is 0 Å². The van der Waals surface area contributed by atoms with Gasteiger partial charge in [0.2, 0.25) is 0 Å². The number of rotatable bonds is 5. The molecule has 6 heteroatoms. The predicted octanol–water partition coefficient (Wildman–Crippen LogP) is 5.28. The summed E-state index contributed by atoms with van der Waals surface area (Å²) >= 11 is 0. The lowest BCUT2D eigenvalue weighted by atomic mass is 9.58. The van der Waals surface area contributed by atoms with Crippen LogP contribution in [-0.2, 0) is 0 Å². The molecule has 0 saturated heterocycles. The van der Waals surface area contributed by atoms with Crippen LogP contribution in [0.1, 0.15) is 42.5 Å². The molecule has 4 N–H and O–H groups in total. The molecule has 6 nitrogen and oxygen atoms in total. The summed E-state index contributed by atoms with van der Waals surface area (Å²) in [7, 11) is 0. The van der Waals surface area contributed by atoms with Gasteiger partial charge in [-0.1, -0.05) is 38.1 Å². The van der Waals surface area contributed by atoms with Gasteiger partial charge in [-0.15, -0.1) is 0 Å². The van der Waals surface area contributed by atoms with Crippen molar-refractivity contribution in [1.82, 2.24) is 10.6 Å². The first-order valence-electron chi connectivity index (χ1n) is 10.8. The molecule has 0 heterocycles. The van der Waals surface area contributed by atoms with Crippen LogP contribution in [0.25, 0.3) is 0 Å². The number of benzene rings is 2. The number of hydrogen-bond donors (Lipinski definition) is 4. The highest BCUT2D eigenvalue weighted by Crippen LogP contribution is 2.45. The molecule has 166 valence electrons. The highest BCUT2D eigenvalue weighted by molar-refractivity contribution is 5.91. The van der Waals surface area contributed by atoms with Gasteiger partial charge in [-0.05, 0) is 79.8 Å². The molecule has 1 aliphatic carbocycles. The fourth-order valence-electron chi connectivity index (χ4n) is 4.08. The smallest absolute Gasteiger partial charge is 0.319 e. The number of amides is 4. The lowest BCUT2D eigenvalue weighted by Gasteiger charge is -2.52. The molecule has 0 unspecified atom stereocenters. The lowest BCUT2D eigenvalue weighted by Crippen LogP contribution is -2.61. The van der Waals surface area contributed by atoms with Gasteiger partial charge in [0.15, 0.2) is 0 Å². The summed E-state index contributed by atoms with van der Waals surface area (Å²) in [5, 5.41) is 12.0. The van der Waals surface area contributed by atoms with Gasteiger partial charge in [-0.2, -0.15) is 0 Å². The third-order valence-electron chi connectivity index (χ3n) is 6.99. The van der Waals surface area contributed by atoms with Gasteiger partial charge in [0, 0.05) is 24.0 Å². The van der Waals surface area contributed by atoms with Gasteiger partial charge in [-0.25, -0.2) is 9.59 Å². The molecule has 1 aliphatic rings. The minimum absolute atomic E-state index is 0.0616. The molecule has 31 heavy (non-hydrogen) atoms. The normalized spacial score (nSPS) is 19.2. The molecule has 2 atom stereocenters. The van der Waals surface area contributed by atoms with E-state index in [-0.39, 0.29) is 23.5 Å². The fourth-order valence-corrected chi connectivity index (χ4v) is 4.08. The summed E-state index contributed by atoms with van der Waals surface area (Å²) in [6.07, 6.45) is 0.830. The Hall–Kier alpha value is -3.02. The van der Waals surface area contributed by atoms with Crippen molar-refractivity contribution in [3.8, 4) is 0 Å². The van der Waals surface area contributed by atoms with E-state index in [1.807, 2.05) is 64.1 Å². The maximum Gasteiger partial charge on any atom is 0.319 e. The zero-order valence-electron chi connectivity index (χ0n) is 19.3. The van der Waals surface area contributed by atoms with Crippen LogP contribution in [-0.4, -0.2) is 24.6 Å². The second-order valence-corrected chi connectivity index (χ2v) is 9.24. The van der Waals surface area contributed by atoms with Gasteiger partial charge < -0.3 is 21.3 Å². The van der Waals surface area contributed by atoms with Crippen LogP contribution in [0.15, 0.2) is 36.4 Å². The van der Waals surface area contributed by atoms with Crippen molar-refractivity contribution < 1.29 is 9.59 Å². The molecular formula is C25H34N4O2. The van der Waals surface area contributed by atoms with Crippen LogP contribution in [0.4, 0.5) is 21.0 Å². The molecule has 2 aromatic rings. The molecule has 3 rings (SSSR count). The van der Waals surface area contributed by atoms with Crippen molar-refractivity contribution in [3.63, 3.8) is 0 Å². The summed E-state index contributed by atoms with van der Waals surface area (Å²) in [5.74, 6) is 0.294. The number of urea groups is 2. The molecule has 0 spiro atoms. The van der Waals surface area contributed by atoms with Crippen LogP contribution < -0.4 is 21.3 Å². The second-order valence-electron chi connectivity index (χ2n) is 9.24. The summed E-state index contributed by atoms with van der Waals surface area (Å²) < 4.78 is 0. The Bertz CT molecular complexity index is 983. The van der Waals surface area contributed by atoms with Crippen LogP contribution in [0.2, 0.25) is 0 Å². The number of carbonyl (C=O) groups is 2. The second kappa shape index (κ2) is 9.00. The SMILES string of the molecule is Cc1cccc(NC(=O)NC[C@@H]2C[C@@H](NC(=O)Nc3cccc(C)c3C)C2(C)C)c1C. The van der Waals surface area contributed by atoms with Crippen LogP contribution >= 0.6 is 0 Å². The first-order chi connectivity index (χ1) is 14.6. The summed E-state index contributed by atoms with van der Waals surface area (Å²) in [6, 6.07) is 11.4. The minimum atomic E-state index is -0.200. The molecule has 0 aliphatic heterocycles. The van der Waals surface area contributed by atoms with E-state index in [0.717, 1.165) is 40.0 Å². The minimum Gasteiger partial charge on any atom is -0.338 e. The molecular weight excluding hydrogens is 388 g/mol. The highest BCUT2D eigenvalue weighted by atomic mass is 16.2. The van der Waals surface area contributed by atoms with E-state index in [9.17, 15) is 9.59 Å². The van der Waals surface area contributed by atoms with Crippen molar-refractivity contribution >= 4 is 23.4 Å². The first kappa shape index (κ1) is 22.7. The van der Waals surface area contributed by atoms with Gasteiger partial charge in [0.25, 0.3) is 0 Å².